The van der Waals surface area contributed by atoms with Crippen molar-refractivity contribution in [3.8, 4) is 5.88 Å². The number of nitrogens with zero attached hydrogens (tertiary/aromatic N) is 2. The highest BCUT2D eigenvalue weighted by molar-refractivity contribution is 6.01. The third-order valence-electron chi connectivity index (χ3n) is 2.56. The molecule has 20 heavy (non-hydrogen) atoms. The Morgan fingerprint density at radius 2 is 2.30 bits per heavy atom. The number of rotatable bonds is 4. The fourth-order valence-electron chi connectivity index (χ4n) is 1.65. The van der Waals surface area contributed by atoms with Gasteiger partial charge in [0.1, 0.15) is 6.61 Å². The van der Waals surface area contributed by atoms with E-state index in [0.29, 0.717) is 12.4 Å². The first-order valence-electron chi connectivity index (χ1n) is 6.35. The topological polar surface area (TPSA) is 68.7 Å². The van der Waals surface area contributed by atoms with Crippen molar-refractivity contribution in [2.75, 3.05) is 13.2 Å². The van der Waals surface area contributed by atoms with Crippen LogP contribution in [0, 0.1) is 0 Å². The zero-order valence-electron chi connectivity index (χ0n) is 11.4. The van der Waals surface area contributed by atoms with Crippen LogP contribution in [0.2, 0.25) is 0 Å². The van der Waals surface area contributed by atoms with Gasteiger partial charge in [0, 0.05) is 18.3 Å². The van der Waals surface area contributed by atoms with E-state index >= 15 is 0 Å². The summed E-state index contributed by atoms with van der Waals surface area (Å²) in [6.45, 7) is 4.38. The van der Waals surface area contributed by atoms with Crippen LogP contribution in [0.4, 0.5) is 4.79 Å². The predicted octanol–water partition coefficient (Wildman–Crippen LogP) is 1.86. The minimum atomic E-state index is -0.599. The molecule has 0 saturated carbocycles. The van der Waals surface area contributed by atoms with Crippen LogP contribution in [0.3, 0.4) is 0 Å². The molecule has 2 rings (SSSR count). The maximum absolute atomic E-state index is 11.7. The van der Waals surface area contributed by atoms with Gasteiger partial charge in [-0.2, -0.15) is 0 Å². The van der Waals surface area contributed by atoms with E-state index in [1.807, 2.05) is 13.8 Å². The molecule has 1 aromatic rings. The zero-order chi connectivity index (χ0) is 14.5. The van der Waals surface area contributed by atoms with Gasteiger partial charge in [0.05, 0.1) is 12.6 Å². The quantitative estimate of drug-likeness (QED) is 0.785. The Hall–Kier alpha value is -2.37. The molecule has 0 aliphatic carbocycles. The Morgan fingerprint density at radius 3 is 2.85 bits per heavy atom. The summed E-state index contributed by atoms with van der Waals surface area (Å²) in [5.41, 5.74) is 0.752. The normalized spacial score (nSPS) is 14.9. The van der Waals surface area contributed by atoms with Crippen molar-refractivity contribution in [1.29, 1.82) is 0 Å². The third-order valence-corrected chi connectivity index (χ3v) is 2.56. The Balaban J connectivity index is 1.97. The summed E-state index contributed by atoms with van der Waals surface area (Å²) in [5.74, 6) is 0.140. The maximum Gasteiger partial charge on any atom is 0.416 e. The number of cyclic esters (lactones) is 1. The lowest BCUT2D eigenvalue weighted by molar-refractivity contribution is -0.122. The average molecular weight is 276 g/mol. The molecule has 1 aliphatic rings. The molecule has 2 amide bonds. The lowest BCUT2D eigenvalue weighted by Crippen LogP contribution is -2.29. The van der Waals surface area contributed by atoms with Crippen LogP contribution >= 0.6 is 0 Å². The highest BCUT2D eigenvalue weighted by atomic mass is 16.6. The molecule has 106 valence electrons. The molecule has 0 bridgehead atoms. The average Bonchev–Trinajstić information content (AvgIpc) is 2.83. The number of ether oxygens (including phenoxy) is 2. The van der Waals surface area contributed by atoms with Crippen LogP contribution < -0.4 is 4.74 Å². The van der Waals surface area contributed by atoms with Crippen molar-refractivity contribution in [2.45, 2.75) is 20.0 Å². The molecule has 0 aromatic carbocycles. The molecule has 0 unspecified atom stereocenters. The van der Waals surface area contributed by atoms with Crippen molar-refractivity contribution < 1.29 is 19.1 Å². The second-order valence-corrected chi connectivity index (χ2v) is 4.53. The van der Waals surface area contributed by atoms with Crippen molar-refractivity contribution >= 4 is 18.1 Å². The highest BCUT2D eigenvalue weighted by Crippen LogP contribution is 2.11. The summed E-state index contributed by atoms with van der Waals surface area (Å²) in [6, 6.07) is 3.52. The second kappa shape index (κ2) is 6.18. The summed E-state index contributed by atoms with van der Waals surface area (Å²) in [5, 5.41) is 0. The minimum absolute atomic E-state index is 0.0617. The van der Waals surface area contributed by atoms with E-state index in [2.05, 4.69) is 4.98 Å². The molecular formula is C14H16N2O4. The van der Waals surface area contributed by atoms with E-state index in [1.165, 1.54) is 6.08 Å². The predicted molar refractivity (Wildman–Crippen MR) is 72.1 cm³/mol. The number of imide groups is 1. The molecule has 2 heterocycles. The van der Waals surface area contributed by atoms with Gasteiger partial charge >= 0.3 is 6.09 Å². The van der Waals surface area contributed by atoms with Crippen molar-refractivity contribution in [3.63, 3.8) is 0 Å². The summed E-state index contributed by atoms with van der Waals surface area (Å²) in [7, 11) is 0. The van der Waals surface area contributed by atoms with Crippen LogP contribution in [0.25, 0.3) is 6.08 Å². The van der Waals surface area contributed by atoms with Gasteiger partial charge in [0.25, 0.3) is 5.91 Å². The molecule has 1 fully saturated rings. The van der Waals surface area contributed by atoms with Gasteiger partial charge in [-0.3, -0.25) is 4.79 Å². The molecule has 0 N–H and O–H groups in total. The van der Waals surface area contributed by atoms with Gasteiger partial charge in [-0.1, -0.05) is 0 Å². The van der Waals surface area contributed by atoms with Crippen molar-refractivity contribution in [2.24, 2.45) is 0 Å². The van der Waals surface area contributed by atoms with Crippen LogP contribution in [0.5, 0.6) is 5.88 Å². The lowest BCUT2D eigenvalue weighted by atomic mass is 10.2. The van der Waals surface area contributed by atoms with Crippen LogP contribution in [0.15, 0.2) is 24.4 Å². The van der Waals surface area contributed by atoms with E-state index in [1.54, 1.807) is 24.4 Å². The molecule has 0 radical (unpaired) electrons. The minimum Gasteiger partial charge on any atom is -0.475 e. The Bertz CT molecular complexity index is 522. The number of amides is 2. The first kappa shape index (κ1) is 14.0. The zero-order valence-corrected chi connectivity index (χ0v) is 11.4. The molecule has 1 aromatic heterocycles. The van der Waals surface area contributed by atoms with E-state index in [0.717, 1.165) is 10.5 Å². The molecule has 0 atom stereocenters. The van der Waals surface area contributed by atoms with Gasteiger partial charge in [-0.25, -0.2) is 14.7 Å². The molecule has 1 saturated heterocycles. The van der Waals surface area contributed by atoms with E-state index in [4.69, 9.17) is 9.47 Å². The summed E-state index contributed by atoms with van der Waals surface area (Å²) < 4.78 is 10.1. The number of aromatic nitrogens is 1. The summed E-state index contributed by atoms with van der Waals surface area (Å²) in [4.78, 5) is 28.1. The number of pyridine rings is 1. The number of hydrogen-bond acceptors (Lipinski definition) is 5. The van der Waals surface area contributed by atoms with E-state index in [9.17, 15) is 9.59 Å². The maximum atomic E-state index is 11.7. The van der Waals surface area contributed by atoms with Crippen molar-refractivity contribution in [1.82, 2.24) is 9.88 Å². The molecule has 6 nitrogen and oxygen atoms in total. The van der Waals surface area contributed by atoms with Gasteiger partial charge in [-0.15, -0.1) is 0 Å². The number of hydrogen-bond donors (Lipinski definition) is 0. The SMILES string of the molecule is CC(C)Oc1ccc(/C=C/C(=O)N2CCOC2=O)cn1. The van der Waals surface area contributed by atoms with Gasteiger partial charge in [0.15, 0.2) is 0 Å². The van der Waals surface area contributed by atoms with Gasteiger partial charge in [0.2, 0.25) is 5.88 Å². The smallest absolute Gasteiger partial charge is 0.416 e. The molecule has 0 spiro atoms. The first-order chi connectivity index (χ1) is 9.56. The van der Waals surface area contributed by atoms with Crippen molar-refractivity contribution in [3.05, 3.63) is 30.0 Å². The number of carbonyl (C=O) groups is 2. The third kappa shape index (κ3) is 3.57. The highest BCUT2D eigenvalue weighted by Gasteiger charge is 2.26. The fraction of sp³-hybridized carbons (Fsp3) is 0.357. The lowest BCUT2D eigenvalue weighted by Gasteiger charge is -2.08. The molecule has 1 aliphatic heterocycles. The van der Waals surface area contributed by atoms with E-state index < -0.39 is 12.0 Å². The van der Waals surface area contributed by atoms with Crippen LogP contribution in [-0.2, 0) is 9.53 Å². The van der Waals surface area contributed by atoms with Gasteiger partial charge in [-0.05, 0) is 31.6 Å². The largest absolute Gasteiger partial charge is 0.475 e. The molecule has 6 heteroatoms. The summed E-state index contributed by atoms with van der Waals surface area (Å²) in [6.07, 6.45) is 3.99. The van der Waals surface area contributed by atoms with Crippen LogP contribution in [-0.4, -0.2) is 41.1 Å². The second-order valence-electron chi connectivity index (χ2n) is 4.53. The first-order valence-corrected chi connectivity index (χ1v) is 6.35. The van der Waals surface area contributed by atoms with E-state index in [-0.39, 0.29) is 12.7 Å². The standard InChI is InChI=1S/C14H16N2O4/c1-10(2)20-12-5-3-11(9-15-12)4-6-13(17)16-7-8-19-14(16)18/h3-6,9-10H,7-8H2,1-2H3/b6-4+. The number of carbonyl (C=O) groups excluding carboxylic acids is 2. The Kier molecular flexibility index (Phi) is 4.34. The summed E-state index contributed by atoms with van der Waals surface area (Å²) >= 11 is 0. The van der Waals surface area contributed by atoms with Crippen LogP contribution in [0.1, 0.15) is 19.4 Å². The fourth-order valence-corrected chi connectivity index (χ4v) is 1.65. The Morgan fingerprint density at radius 1 is 1.50 bits per heavy atom. The van der Waals surface area contributed by atoms with Gasteiger partial charge < -0.3 is 9.47 Å². The Labute approximate surface area is 117 Å². The monoisotopic (exact) mass is 276 g/mol. The molecular weight excluding hydrogens is 260 g/mol.